The van der Waals surface area contributed by atoms with Crippen molar-refractivity contribution in [2.75, 3.05) is 0 Å². The van der Waals surface area contributed by atoms with Crippen LogP contribution in [0.3, 0.4) is 0 Å². The lowest BCUT2D eigenvalue weighted by Gasteiger charge is -2.61. The van der Waals surface area contributed by atoms with Crippen molar-refractivity contribution in [3.63, 3.8) is 0 Å². The van der Waals surface area contributed by atoms with Crippen LogP contribution in [-0.4, -0.2) is 11.6 Å². The van der Waals surface area contributed by atoms with Gasteiger partial charge in [-0.25, -0.2) is 4.79 Å². The largest absolute Gasteiger partial charge is 0.456 e. The maximum atomic E-state index is 11.6. The molecule has 0 heterocycles. The molecule has 0 aromatic carbocycles. The van der Waals surface area contributed by atoms with E-state index in [1.165, 1.54) is 44.6 Å². The molecule has 0 spiro atoms. The van der Waals surface area contributed by atoms with Crippen LogP contribution < -0.4 is 0 Å². The van der Waals surface area contributed by atoms with Crippen LogP contribution in [0, 0.1) is 23.2 Å². The summed E-state index contributed by atoms with van der Waals surface area (Å²) in [7, 11) is 0. The lowest BCUT2D eigenvalue weighted by Crippen LogP contribution is -2.57. The molecular formula is C16H24O2. The van der Waals surface area contributed by atoms with E-state index in [-0.39, 0.29) is 17.0 Å². The Morgan fingerprint density at radius 2 is 1.61 bits per heavy atom. The lowest BCUT2D eigenvalue weighted by molar-refractivity contribution is -0.194. The van der Waals surface area contributed by atoms with Crippen molar-refractivity contribution in [1.82, 2.24) is 0 Å². The summed E-state index contributed by atoms with van der Waals surface area (Å²) in [6.45, 7) is 7.74. The highest BCUT2D eigenvalue weighted by Crippen LogP contribution is 2.64. The molecule has 0 aromatic rings. The smallest absolute Gasteiger partial charge is 0.330 e. The van der Waals surface area contributed by atoms with Gasteiger partial charge in [0.05, 0.1) is 0 Å². The van der Waals surface area contributed by atoms with Gasteiger partial charge in [0.15, 0.2) is 0 Å². The van der Waals surface area contributed by atoms with Crippen LogP contribution in [0.15, 0.2) is 12.7 Å². The van der Waals surface area contributed by atoms with E-state index in [0.29, 0.717) is 0 Å². The van der Waals surface area contributed by atoms with Gasteiger partial charge in [-0.3, -0.25) is 0 Å². The Labute approximate surface area is 110 Å². The summed E-state index contributed by atoms with van der Waals surface area (Å²) in [5, 5.41) is 0. The fraction of sp³-hybridized carbons (Fsp3) is 0.812. The number of hydrogen-bond donors (Lipinski definition) is 0. The second-order valence-electron chi connectivity index (χ2n) is 7.33. The number of esters is 1. The van der Waals surface area contributed by atoms with Crippen LogP contribution in [0.5, 0.6) is 0 Å². The Kier molecular flexibility index (Phi) is 2.62. The first kappa shape index (κ1) is 12.3. The van der Waals surface area contributed by atoms with Crippen molar-refractivity contribution in [2.45, 2.75) is 58.0 Å². The van der Waals surface area contributed by atoms with Crippen molar-refractivity contribution in [1.29, 1.82) is 0 Å². The van der Waals surface area contributed by atoms with Crippen molar-refractivity contribution in [3.8, 4) is 0 Å². The van der Waals surface area contributed by atoms with Crippen LogP contribution in [0.4, 0.5) is 0 Å². The standard InChI is InChI=1S/C16H24O2/c1-4-14(17)18-15(2,3)16-8-11-5-12(9-16)7-13(6-11)10-16/h4,11-13H,1,5-10H2,2-3H3. The van der Waals surface area contributed by atoms with E-state index >= 15 is 0 Å². The first-order chi connectivity index (χ1) is 8.44. The molecule has 2 heteroatoms. The molecule has 0 saturated heterocycles. The highest BCUT2D eigenvalue weighted by atomic mass is 16.6. The fourth-order valence-electron chi connectivity index (χ4n) is 5.25. The van der Waals surface area contributed by atoms with Crippen LogP contribution >= 0.6 is 0 Å². The van der Waals surface area contributed by atoms with Gasteiger partial charge in [-0.15, -0.1) is 0 Å². The molecule has 0 aliphatic heterocycles. The second-order valence-corrected chi connectivity index (χ2v) is 7.33. The molecule has 0 atom stereocenters. The van der Waals surface area contributed by atoms with E-state index < -0.39 is 0 Å². The second kappa shape index (κ2) is 3.85. The molecule has 4 rings (SSSR count). The summed E-state index contributed by atoms with van der Waals surface area (Å²) in [6.07, 6.45) is 9.34. The molecule has 0 radical (unpaired) electrons. The van der Waals surface area contributed by atoms with E-state index in [2.05, 4.69) is 20.4 Å². The van der Waals surface area contributed by atoms with Crippen molar-refractivity contribution in [3.05, 3.63) is 12.7 Å². The van der Waals surface area contributed by atoms with Gasteiger partial charge in [0.2, 0.25) is 0 Å². The molecule has 0 N–H and O–H groups in total. The van der Waals surface area contributed by atoms with E-state index in [9.17, 15) is 4.79 Å². The average molecular weight is 248 g/mol. The topological polar surface area (TPSA) is 26.3 Å². The summed E-state index contributed by atoms with van der Waals surface area (Å²) in [4.78, 5) is 11.6. The van der Waals surface area contributed by atoms with Gasteiger partial charge < -0.3 is 4.74 Å². The Balaban J connectivity index is 1.85. The highest BCUT2D eigenvalue weighted by molar-refractivity contribution is 5.81. The summed E-state index contributed by atoms with van der Waals surface area (Å²) in [5.41, 5.74) is -0.102. The van der Waals surface area contributed by atoms with Crippen molar-refractivity contribution < 1.29 is 9.53 Å². The molecule has 0 unspecified atom stereocenters. The van der Waals surface area contributed by atoms with Crippen LogP contribution in [0.1, 0.15) is 52.4 Å². The van der Waals surface area contributed by atoms with E-state index in [1.807, 2.05) is 0 Å². The SMILES string of the molecule is C=CC(=O)OC(C)(C)C12CC3CC(CC(C3)C1)C2. The Bertz CT molecular complexity index is 345. The van der Waals surface area contributed by atoms with E-state index in [1.54, 1.807) is 0 Å². The molecule has 2 nitrogen and oxygen atoms in total. The maximum absolute atomic E-state index is 11.6. The third-order valence-corrected chi connectivity index (χ3v) is 5.84. The quantitative estimate of drug-likeness (QED) is 0.562. The maximum Gasteiger partial charge on any atom is 0.330 e. The zero-order valence-electron chi connectivity index (χ0n) is 11.6. The first-order valence-electron chi connectivity index (χ1n) is 7.29. The van der Waals surface area contributed by atoms with Gasteiger partial charge in [-0.2, -0.15) is 0 Å². The van der Waals surface area contributed by atoms with E-state index in [4.69, 9.17) is 4.74 Å². The molecule has 0 aromatic heterocycles. The molecule has 100 valence electrons. The summed E-state index contributed by atoms with van der Waals surface area (Å²) < 4.78 is 5.71. The predicted molar refractivity (Wildman–Crippen MR) is 71.0 cm³/mol. The fourth-order valence-corrected chi connectivity index (χ4v) is 5.25. The Morgan fingerprint density at radius 3 is 2.00 bits per heavy atom. The third kappa shape index (κ3) is 1.72. The minimum atomic E-state index is -0.339. The molecular weight excluding hydrogens is 224 g/mol. The van der Waals surface area contributed by atoms with E-state index in [0.717, 1.165) is 17.8 Å². The zero-order chi connectivity index (χ0) is 13.0. The van der Waals surface area contributed by atoms with Gasteiger partial charge in [-0.05, 0) is 70.1 Å². The molecule has 4 saturated carbocycles. The summed E-state index contributed by atoms with van der Waals surface area (Å²) in [6, 6.07) is 0. The summed E-state index contributed by atoms with van der Waals surface area (Å²) in [5.74, 6) is 2.39. The first-order valence-corrected chi connectivity index (χ1v) is 7.29. The lowest BCUT2D eigenvalue weighted by atomic mass is 9.46. The van der Waals surface area contributed by atoms with Crippen LogP contribution in [-0.2, 0) is 9.53 Å². The van der Waals surface area contributed by atoms with Gasteiger partial charge >= 0.3 is 5.97 Å². The normalized spacial score (nSPS) is 41.8. The minimum absolute atomic E-state index is 0.237. The minimum Gasteiger partial charge on any atom is -0.456 e. The number of carbonyl (C=O) groups excluding carboxylic acids is 1. The molecule has 4 aliphatic rings. The van der Waals surface area contributed by atoms with Crippen molar-refractivity contribution in [2.24, 2.45) is 23.2 Å². The predicted octanol–water partition coefficient (Wildman–Crippen LogP) is 3.71. The number of ether oxygens (including phenoxy) is 1. The van der Waals surface area contributed by atoms with Crippen LogP contribution in [0.25, 0.3) is 0 Å². The number of carbonyl (C=O) groups is 1. The third-order valence-electron chi connectivity index (χ3n) is 5.84. The highest BCUT2D eigenvalue weighted by Gasteiger charge is 2.58. The van der Waals surface area contributed by atoms with Crippen molar-refractivity contribution >= 4 is 5.97 Å². The summed E-state index contributed by atoms with van der Waals surface area (Å²) >= 11 is 0. The molecule has 4 aliphatic carbocycles. The Hall–Kier alpha value is -0.790. The number of hydrogen-bond acceptors (Lipinski definition) is 2. The van der Waals surface area contributed by atoms with Gasteiger partial charge in [-0.1, -0.05) is 6.58 Å². The van der Waals surface area contributed by atoms with Gasteiger partial charge in [0.1, 0.15) is 5.60 Å². The average Bonchev–Trinajstić information content (AvgIpc) is 2.26. The Morgan fingerprint density at radius 1 is 1.17 bits per heavy atom. The number of rotatable bonds is 3. The molecule has 18 heavy (non-hydrogen) atoms. The molecule has 4 fully saturated rings. The van der Waals surface area contributed by atoms with Gasteiger partial charge in [0, 0.05) is 11.5 Å². The van der Waals surface area contributed by atoms with Crippen LogP contribution in [0.2, 0.25) is 0 Å². The monoisotopic (exact) mass is 248 g/mol. The zero-order valence-corrected chi connectivity index (χ0v) is 11.6. The molecule has 0 amide bonds. The van der Waals surface area contributed by atoms with Gasteiger partial charge in [0.25, 0.3) is 0 Å². The molecule has 4 bridgehead atoms.